The Morgan fingerprint density at radius 3 is 2.07 bits per heavy atom. The third kappa shape index (κ3) is 7.33. The summed E-state index contributed by atoms with van der Waals surface area (Å²) in [5, 5.41) is 9.36. The summed E-state index contributed by atoms with van der Waals surface area (Å²) >= 11 is 0. The van der Waals surface area contributed by atoms with E-state index in [2.05, 4.69) is 18.7 Å². The van der Waals surface area contributed by atoms with E-state index in [1.165, 1.54) is 50.5 Å². The van der Waals surface area contributed by atoms with Gasteiger partial charge < -0.3 is 19.1 Å². The van der Waals surface area contributed by atoms with E-state index in [0.29, 0.717) is 0 Å². The Kier molecular flexibility index (Phi) is 7.34. The molecule has 1 rings (SSSR count). The monoisotopic (exact) mass is 217 g/mol. The van der Waals surface area contributed by atoms with Crippen molar-refractivity contribution in [2.24, 2.45) is 0 Å². The zero-order valence-corrected chi connectivity index (χ0v) is 10.1. The molecule has 0 aromatic rings. The molecule has 0 saturated carbocycles. The van der Waals surface area contributed by atoms with Gasteiger partial charge in [-0.05, 0) is 26.2 Å². The number of carboxylic acid groups (broad SMARTS) is 1. The van der Waals surface area contributed by atoms with Crippen molar-refractivity contribution in [2.75, 3.05) is 40.4 Å². The third-order valence-electron chi connectivity index (χ3n) is 2.92. The lowest BCUT2D eigenvalue weighted by molar-refractivity contribution is -0.912. The number of hydrogen-bond acceptors (Lipinski definition) is 3. The van der Waals surface area contributed by atoms with E-state index >= 15 is 0 Å². The molecule has 1 aliphatic rings. The summed E-state index contributed by atoms with van der Waals surface area (Å²) in [5.74, 6) is -1.18. The smallest absolute Gasteiger partial charge is 0.0857 e. The van der Waals surface area contributed by atoms with Gasteiger partial charge in [0, 0.05) is 7.11 Å². The van der Waals surface area contributed by atoms with Gasteiger partial charge in [0.25, 0.3) is 0 Å². The first-order chi connectivity index (χ1) is 7.04. The van der Waals surface area contributed by atoms with Crippen LogP contribution in [0.3, 0.4) is 0 Å². The van der Waals surface area contributed by atoms with Gasteiger partial charge in [-0.2, -0.15) is 0 Å². The number of rotatable bonds is 3. The quantitative estimate of drug-likeness (QED) is 0.626. The van der Waals surface area contributed by atoms with Crippen molar-refractivity contribution in [1.82, 2.24) is 0 Å². The number of quaternary nitrogens is 1. The van der Waals surface area contributed by atoms with E-state index < -0.39 is 5.97 Å². The molecule has 0 N–H and O–H groups in total. The number of aliphatic carboxylic acids is 1. The van der Waals surface area contributed by atoms with E-state index in [-0.39, 0.29) is 6.61 Å². The first kappa shape index (κ1) is 14.4. The van der Waals surface area contributed by atoms with Crippen molar-refractivity contribution in [3.63, 3.8) is 0 Å². The van der Waals surface area contributed by atoms with Crippen molar-refractivity contribution in [1.29, 1.82) is 0 Å². The topological polar surface area (TPSA) is 49.4 Å². The number of carboxylic acids is 1. The Balaban J connectivity index is 0.000000288. The van der Waals surface area contributed by atoms with Crippen molar-refractivity contribution >= 4 is 5.97 Å². The predicted octanol–water partition coefficient (Wildman–Crippen LogP) is 0.0195. The zero-order chi connectivity index (χ0) is 11.7. The van der Waals surface area contributed by atoms with E-state index in [0.717, 1.165) is 0 Å². The highest BCUT2D eigenvalue weighted by Gasteiger charge is 2.21. The van der Waals surface area contributed by atoms with E-state index in [4.69, 9.17) is 0 Å². The van der Waals surface area contributed by atoms with Crippen LogP contribution in [0, 0.1) is 0 Å². The molecule has 4 nitrogen and oxygen atoms in total. The molecule has 1 fully saturated rings. The Hall–Kier alpha value is -0.610. The Bertz CT molecular complexity index is 177. The van der Waals surface area contributed by atoms with Gasteiger partial charge in [0.2, 0.25) is 0 Å². The molecule has 0 atom stereocenters. The molecule has 0 unspecified atom stereocenters. The van der Waals surface area contributed by atoms with Crippen LogP contribution in [0.15, 0.2) is 0 Å². The molecule has 15 heavy (non-hydrogen) atoms. The summed E-state index contributed by atoms with van der Waals surface area (Å²) in [7, 11) is 3.68. The second-order valence-electron chi connectivity index (χ2n) is 4.25. The van der Waals surface area contributed by atoms with Crippen LogP contribution in [0.2, 0.25) is 0 Å². The lowest BCUT2D eigenvalue weighted by Gasteiger charge is -2.36. The fraction of sp³-hybridized carbons (Fsp3) is 0.909. The average Bonchev–Trinajstić information content (AvgIpc) is 2.20. The predicted molar refractivity (Wildman–Crippen MR) is 57.2 cm³/mol. The lowest BCUT2D eigenvalue weighted by Crippen LogP contribution is -2.47. The fourth-order valence-corrected chi connectivity index (χ4v) is 1.71. The zero-order valence-electron chi connectivity index (χ0n) is 10.1. The Morgan fingerprint density at radius 1 is 1.33 bits per heavy atom. The SMILES string of the molecule is CC[N+]1(C)CCCCC1.COCC(=O)[O-]. The molecule has 0 bridgehead atoms. The van der Waals surface area contributed by atoms with E-state index in [9.17, 15) is 9.90 Å². The highest BCUT2D eigenvalue weighted by Crippen LogP contribution is 2.14. The first-order valence-electron chi connectivity index (χ1n) is 5.56. The lowest BCUT2D eigenvalue weighted by atomic mass is 10.1. The number of hydrogen-bond donors (Lipinski definition) is 0. The molecule has 4 heteroatoms. The number of carbonyl (C=O) groups excluding carboxylic acids is 1. The molecule has 0 aromatic heterocycles. The minimum atomic E-state index is -1.18. The van der Waals surface area contributed by atoms with Crippen LogP contribution in [-0.4, -0.2) is 50.9 Å². The van der Waals surface area contributed by atoms with Crippen molar-refractivity contribution in [2.45, 2.75) is 26.2 Å². The molecule has 0 aliphatic carbocycles. The molecular formula is C11H23NO3. The van der Waals surface area contributed by atoms with Crippen molar-refractivity contribution in [3.05, 3.63) is 0 Å². The van der Waals surface area contributed by atoms with Crippen LogP contribution in [0.4, 0.5) is 0 Å². The van der Waals surface area contributed by atoms with Crippen LogP contribution in [-0.2, 0) is 9.53 Å². The molecular weight excluding hydrogens is 194 g/mol. The minimum Gasteiger partial charge on any atom is -0.548 e. The van der Waals surface area contributed by atoms with Crippen molar-refractivity contribution < 1.29 is 19.1 Å². The van der Waals surface area contributed by atoms with Crippen LogP contribution in [0.1, 0.15) is 26.2 Å². The molecule has 1 saturated heterocycles. The standard InChI is InChI=1S/C8H18N.C3H6O3/c1-3-9(2)7-5-4-6-8-9;1-6-2-3(4)5/h3-8H2,1-2H3;2H2,1H3,(H,4,5)/q+1;/p-1. The largest absolute Gasteiger partial charge is 0.548 e. The van der Waals surface area contributed by atoms with Crippen LogP contribution < -0.4 is 5.11 Å². The van der Waals surface area contributed by atoms with Gasteiger partial charge in [-0.25, -0.2) is 0 Å². The summed E-state index contributed by atoms with van der Waals surface area (Å²) in [5.41, 5.74) is 0. The highest BCUT2D eigenvalue weighted by molar-refractivity contribution is 5.65. The van der Waals surface area contributed by atoms with E-state index in [1.807, 2.05) is 0 Å². The number of piperidine rings is 1. The molecule has 1 aliphatic heterocycles. The summed E-state index contributed by atoms with van der Waals surface area (Å²) in [6, 6.07) is 0. The third-order valence-corrected chi connectivity index (χ3v) is 2.92. The highest BCUT2D eigenvalue weighted by atomic mass is 16.5. The van der Waals surface area contributed by atoms with Gasteiger partial charge in [-0.1, -0.05) is 0 Å². The first-order valence-corrected chi connectivity index (χ1v) is 5.56. The summed E-state index contributed by atoms with van der Waals surface area (Å²) in [6.45, 7) is 6.12. The molecule has 0 spiro atoms. The summed E-state index contributed by atoms with van der Waals surface area (Å²) in [4.78, 5) is 9.36. The Morgan fingerprint density at radius 2 is 1.87 bits per heavy atom. The van der Waals surface area contributed by atoms with Gasteiger partial charge in [-0.3, -0.25) is 0 Å². The fourth-order valence-electron chi connectivity index (χ4n) is 1.71. The normalized spacial score (nSPS) is 18.9. The second-order valence-corrected chi connectivity index (χ2v) is 4.25. The molecule has 90 valence electrons. The Labute approximate surface area is 92.4 Å². The number of carbonyl (C=O) groups is 1. The minimum absolute atomic E-state index is 0.319. The number of nitrogens with zero attached hydrogens (tertiary/aromatic N) is 1. The summed E-state index contributed by atoms with van der Waals surface area (Å²) < 4.78 is 5.46. The van der Waals surface area contributed by atoms with Gasteiger partial charge in [0.1, 0.15) is 0 Å². The van der Waals surface area contributed by atoms with Gasteiger partial charge in [-0.15, -0.1) is 0 Å². The molecule has 0 aromatic carbocycles. The maximum Gasteiger partial charge on any atom is 0.0857 e. The maximum atomic E-state index is 9.36. The number of likely N-dealkylation sites (tertiary alicyclic amines) is 1. The van der Waals surface area contributed by atoms with Gasteiger partial charge in [0.15, 0.2) is 0 Å². The van der Waals surface area contributed by atoms with Gasteiger partial charge >= 0.3 is 0 Å². The maximum absolute atomic E-state index is 9.36. The number of methoxy groups -OCH3 is 1. The molecule has 0 radical (unpaired) electrons. The average molecular weight is 217 g/mol. The number of ether oxygens (including phenoxy) is 1. The van der Waals surface area contributed by atoms with E-state index in [1.54, 1.807) is 0 Å². The van der Waals surface area contributed by atoms with Gasteiger partial charge in [0.05, 0.1) is 39.3 Å². The second kappa shape index (κ2) is 7.65. The van der Waals surface area contributed by atoms with Crippen LogP contribution >= 0.6 is 0 Å². The summed E-state index contributed by atoms with van der Waals surface area (Å²) in [6.07, 6.45) is 4.36. The molecule has 1 heterocycles. The van der Waals surface area contributed by atoms with Crippen LogP contribution in [0.25, 0.3) is 0 Å². The van der Waals surface area contributed by atoms with Crippen molar-refractivity contribution in [3.8, 4) is 0 Å². The van der Waals surface area contributed by atoms with Crippen LogP contribution in [0.5, 0.6) is 0 Å². The molecule has 0 amide bonds.